The summed E-state index contributed by atoms with van der Waals surface area (Å²) in [6.45, 7) is 0. The van der Waals surface area contributed by atoms with Crippen molar-refractivity contribution < 1.29 is 19.8 Å². The zero-order chi connectivity index (χ0) is 16.2. The molecule has 0 radical (unpaired) electrons. The largest absolute Gasteiger partial charge is 0.382 e. The van der Waals surface area contributed by atoms with Gasteiger partial charge in [-0.15, -0.1) is 0 Å². The second-order valence-corrected chi connectivity index (χ2v) is 4.06. The van der Waals surface area contributed by atoms with E-state index in [4.69, 9.17) is 10.2 Å². The fourth-order valence-electron chi connectivity index (χ4n) is 1.43. The highest BCUT2D eigenvalue weighted by Gasteiger charge is 2.12. The summed E-state index contributed by atoms with van der Waals surface area (Å²) in [7, 11) is 3.01. The summed E-state index contributed by atoms with van der Waals surface area (Å²) >= 11 is 0. The smallest absolute Gasteiger partial charge is 0.332 e. The number of hydrogen-bond donors (Lipinski definition) is 3. The molecule has 10 nitrogen and oxygen atoms in total. The lowest BCUT2D eigenvalue weighted by atomic mass is 10.2. The molecule has 2 aromatic heterocycles. The zero-order valence-electron chi connectivity index (χ0n) is 11.3. The first-order valence-corrected chi connectivity index (χ1v) is 5.71. The van der Waals surface area contributed by atoms with Gasteiger partial charge in [-0.1, -0.05) is 0 Å². The molecule has 0 fully saturated rings. The first-order valence-electron chi connectivity index (χ1n) is 5.71. The van der Waals surface area contributed by atoms with E-state index >= 15 is 0 Å². The number of carbonyl (C=O) groups excluding carboxylic acids is 2. The topological polar surface area (TPSA) is 147 Å². The van der Waals surface area contributed by atoms with Crippen molar-refractivity contribution in [2.75, 3.05) is 0 Å². The molecule has 0 saturated carbocycles. The third kappa shape index (κ3) is 3.30. The van der Waals surface area contributed by atoms with E-state index in [9.17, 15) is 19.2 Å². The molecule has 0 spiro atoms. The third-order valence-corrected chi connectivity index (χ3v) is 2.66. The van der Waals surface area contributed by atoms with Crippen molar-refractivity contribution in [3.05, 3.63) is 27.2 Å². The second-order valence-electron chi connectivity index (χ2n) is 4.06. The molecule has 0 bridgehead atoms. The van der Waals surface area contributed by atoms with Crippen LogP contribution < -0.4 is 11.2 Å². The lowest BCUT2D eigenvalue weighted by molar-refractivity contribution is -0.129. The lowest BCUT2D eigenvalue weighted by Crippen LogP contribution is -2.36. The summed E-state index contributed by atoms with van der Waals surface area (Å²) < 4.78 is 2.37. The molecule has 2 heterocycles. The van der Waals surface area contributed by atoms with Gasteiger partial charge in [0.1, 0.15) is 17.7 Å². The van der Waals surface area contributed by atoms with Crippen molar-refractivity contribution in [2.24, 2.45) is 14.1 Å². The van der Waals surface area contributed by atoms with Gasteiger partial charge >= 0.3 is 5.69 Å². The van der Waals surface area contributed by atoms with Gasteiger partial charge in [-0.25, -0.2) is 9.78 Å². The molecular weight excluding hydrogens is 284 g/mol. The molecule has 0 aliphatic rings. The van der Waals surface area contributed by atoms with E-state index in [1.54, 1.807) is 7.05 Å². The number of aryl methyl sites for hydroxylation is 1. The molecular formula is C11H14N4O6. The first kappa shape index (κ1) is 16.5. The van der Waals surface area contributed by atoms with E-state index < -0.39 is 12.2 Å². The predicted octanol–water partition coefficient (Wildman–Crippen LogP) is -2.93. The van der Waals surface area contributed by atoms with Gasteiger partial charge in [0.25, 0.3) is 5.56 Å². The van der Waals surface area contributed by atoms with Crippen LogP contribution in [-0.2, 0) is 23.7 Å². The van der Waals surface area contributed by atoms with E-state index in [2.05, 4.69) is 9.97 Å². The molecule has 21 heavy (non-hydrogen) atoms. The minimum Gasteiger partial charge on any atom is -0.382 e. The maximum atomic E-state index is 11.4. The predicted molar refractivity (Wildman–Crippen MR) is 70.7 cm³/mol. The fraction of sp³-hybridized carbons (Fsp3) is 0.364. The number of aliphatic hydroxyl groups is 2. The van der Waals surface area contributed by atoms with E-state index in [-0.39, 0.29) is 23.8 Å². The van der Waals surface area contributed by atoms with E-state index in [0.717, 1.165) is 4.57 Å². The molecule has 3 N–H and O–H groups in total. The highest BCUT2D eigenvalue weighted by molar-refractivity contribution is 5.68. The van der Waals surface area contributed by atoms with Crippen LogP contribution >= 0.6 is 0 Å². The number of imidazole rings is 1. The molecule has 0 aliphatic heterocycles. The summed E-state index contributed by atoms with van der Waals surface area (Å²) in [6.07, 6.45) is -1.57. The number of aromatic amines is 1. The molecule has 0 amide bonds. The molecule has 2 rings (SSSR count). The summed E-state index contributed by atoms with van der Waals surface area (Å²) in [5.41, 5.74) is 0.0119. The fourth-order valence-corrected chi connectivity index (χ4v) is 1.43. The number of rotatable bonds is 3. The van der Waals surface area contributed by atoms with Crippen LogP contribution in [0.2, 0.25) is 0 Å². The van der Waals surface area contributed by atoms with Crippen LogP contribution in [0.4, 0.5) is 0 Å². The van der Waals surface area contributed by atoms with Crippen LogP contribution in [-0.4, -0.2) is 54.1 Å². The van der Waals surface area contributed by atoms with Gasteiger partial charge in [-0.3, -0.25) is 13.9 Å². The van der Waals surface area contributed by atoms with Gasteiger partial charge < -0.3 is 24.8 Å². The number of aldehydes is 2. The SMILES string of the molecule is Cn1c(=O)c2[nH]cnc2n(C)c1=O.O=CC(O)C(O)C=O. The van der Waals surface area contributed by atoms with Crippen LogP contribution in [0.3, 0.4) is 0 Å². The summed E-state index contributed by atoms with van der Waals surface area (Å²) in [6, 6.07) is 0. The number of hydrogen-bond acceptors (Lipinski definition) is 7. The number of carbonyl (C=O) groups is 2. The summed E-state index contributed by atoms with van der Waals surface area (Å²) in [5.74, 6) is 0. The minimum absolute atomic E-state index is 0.0963. The maximum absolute atomic E-state index is 11.4. The van der Waals surface area contributed by atoms with Crippen LogP contribution in [0.1, 0.15) is 0 Å². The summed E-state index contributed by atoms with van der Waals surface area (Å²) in [5, 5.41) is 16.6. The number of H-pyrrole nitrogens is 1. The van der Waals surface area contributed by atoms with Crippen molar-refractivity contribution in [3.8, 4) is 0 Å². The molecule has 0 aliphatic carbocycles. The van der Waals surface area contributed by atoms with Gasteiger partial charge in [0.05, 0.1) is 6.33 Å². The molecule has 2 unspecified atom stereocenters. The Labute approximate surface area is 117 Å². The van der Waals surface area contributed by atoms with Crippen molar-refractivity contribution in [1.82, 2.24) is 19.1 Å². The van der Waals surface area contributed by atoms with Crippen molar-refractivity contribution in [3.63, 3.8) is 0 Å². The Morgan fingerprint density at radius 2 is 1.67 bits per heavy atom. The Morgan fingerprint density at radius 3 is 2.14 bits per heavy atom. The van der Waals surface area contributed by atoms with Gasteiger partial charge in [0.2, 0.25) is 0 Å². The number of fused-ring (bicyclic) bond motifs is 1. The second kappa shape index (κ2) is 6.72. The monoisotopic (exact) mass is 298 g/mol. The first-order chi connectivity index (χ1) is 9.84. The maximum Gasteiger partial charge on any atom is 0.332 e. The van der Waals surface area contributed by atoms with Crippen molar-refractivity contribution in [2.45, 2.75) is 12.2 Å². The van der Waals surface area contributed by atoms with Crippen LogP contribution in [0, 0.1) is 0 Å². The minimum atomic E-state index is -1.58. The Bertz CT molecular complexity index is 746. The molecule has 10 heteroatoms. The van der Waals surface area contributed by atoms with Crippen LogP contribution in [0.25, 0.3) is 11.2 Å². The summed E-state index contributed by atoms with van der Waals surface area (Å²) in [4.78, 5) is 48.5. The number of nitrogens with zero attached hydrogens (tertiary/aromatic N) is 3. The standard InChI is InChI=1S/C7H8N4O2.C4H6O4/c1-10-5-4(8-3-9-5)6(12)11(2)7(10)13;5-1-3(7)4(8)2-6/h3H,1-2H3,(H,8,9);1-4,7-8H. The Hall–Kier alpha value is -2.59. The van der Waals surface area contributed by atoms with Crippen molar-refractivity contribution in [1.29, 1.82) is 0 Å². The average molecular weight is 298 g/mol. The molecule has 2 aromatic rings. The zero-order valence-corrected chi connectivity index (χ0v) is 11.3. The Balaban J connectivity index is 0.000000240. The van der Waals surface area contributed by atoms with Gasteiger partial charge in [-0.2, -0.15) is 0 Å². The Morgan fingerprint density at radius 1 is 1.14 bits per heavy atom. The molecule has 114 valence electrons. The molecule has 0 aromatic carbocycles. The third-order valence-electron chi connectivity index (χ3n) is 2.66. The number of aromatic nitrogens is 4. The molecule has 2 atom stereocenters. The highest BCUT2D eigenvalue weighted by Crippen LogP contribution is 1.97. The van der Waals surface area contributed by atoms with Gasteiger partial charge in [0.15, 0.2) is 18.2 Å². The van der Waals surface area contributed by atoms with Gasteiger partial charge in [-0.05, 0) is 0 Å². The number of aliphatic hydroxyl groups excluding tert-OH is 2. The number of nitrogens with one attached hydrogen (secondary N) is 1. The molecule has 0 saturated heterocycles. The van der Waals surface area contributed by atoms with E-state index in [0.29, 0.717) is 11.2 Å². The lowest BCUT2D eigenvalue weighted by Gasteiger charge is -2.01. The van der Waals surface area contributed by atoms with E-state index in [1.807, 2.05) is 0 Å². The van der Waals surface area contributed by atoms with E-state index in [1.165, 1.54) is 17.9 Å². The highest BCUT2D eigenvalue weighted by atomic mass is 16.3. The normalized spacial score (nSPS) is 13.1. The average Bonchev–Trinajstić information content (AvgIpc) is 2.99. The quantitative estimate of drug-likeness (QED) is 0.514. The Kier molecular flexibility index (Phi) is 5.27. The van der Waals surface area contributed by atoms with Crippen LogP contribution in [0.15, 0.2) is 15.9 Å². The van der Waals surface area contributed by atoms with Crippen molar-refractivity contribution >= 4 is 23.7 Å². The van der Waals surface area contributed by atoms with Gasteiger partial charge in [0, 0.05) is 14.1 Å². The van der Waals surface area contributed by atoms with Crippen LogP contribution in [0.5, 0.6) is 0 Å².